The largest absolute Gasteiger partial charge is 0.466 e. The number of fused-ring (bicyclic) bond motifs is 1. The summed E-state index contributed by atoms with van der Waals surface area (Å²) in [6.45, 7) is 7.40. The van der Waals surface area contributed by atoms with E-state index in [-0.39, 0.29) is 19.6 Å². The summed E-state index contributed by atoms with van der Waals surface area (Å²) in [6.07, 6.45) is 19.0. The molecule has 9 heteroatoms. The molecule has 1 heterocycles. The number of carbonyl (C=O) groups excluding carboxylic acids is 3. The third-order valence-electron chi connectivity index (χ3n) is 8.03. The van der Waals surface area contributed by atoms with Gasteiger partial charge in [-0.15, -0.1) is 11.3 Å². The molecule has 1 aromatic heterocycles. The molecule has 0 amide bonds. The predicted molar refractivity (Wildman–Crippen MR) is 190 cm³/mol. The average Bonchev–Trinajstić information content (AvgIpc) is 3.47. The maximum atomic E-state index is 13.7. The zero-order chi connectivity index (χ0) is 33.2. The Kier molecular flexibility index (Phi) is 22.5. The molecule has 2 aromatic rings. The van der Waals surface area contributed by atoms with E-state index in [1.165, 1.54) is 80.9 Å². The van der Waals surface area contributed by atoms with Crippen LogP contribution in [0.1, 0.15) is 143 Å². The molecule has 0 radical (unpaired) electrons. The third-order valence-corrected chi connectivity index (χ3v) is 10.5. The lowest BCUT2D eigenvalue weighted by molar-refractivity contribution is -0.159. The Hall–Kier alpha value is -2.13. The second kappa shape index (κ2) is 25.9. The molecule has 0 saturated carbocycles. The van der Waals surface area contributed by atoms with Crippen molar-refractivity contribution in [2.45, 2.75) is 152 Å². The van der Waals surface area contributed by atoms with Crippen molar-refractivity contribution in [3.05, 3.63) is 24.3 Å². The number of thiazole rings is 1. The van der Waals surface area contributed by atoms with E-state index >= 15 is 0 Å². The lowest BCUT2D eigenvalue weighted by atomic mass is 10.0. The van der Waals surface area contributed by atoms with Crippen molar-refractivity contribution in [3.8, 4) is 0 Å². The minimum atomic E-state index is -1.04. The number of unbranched alkanes of at least 4 members (excludes halogenated alkanes) is 15. The van der Waals surface area contributed by atoms with Gasteiger partial charge in [0.2, 0.25) is 0 Å². The summed E-state index contributed by atoms with van der Waals surface area (Å²) < 4.78 is 18.7. The molecule has 0 saturated heterocycles. The van der Waals surface area contributed by atoms with E-state index in [1.807, 2.05) is 24.3 Å². The Morgan fingerprint density at radius 1 is 0.652 bits per heavy atom. The van der Waals surface area contributed by atoms with E-state index in [9.17, 15) is 14.4 Å². The van der Waals surface area contributed by atoms with Crippen LogP contribution in [0.3, 0.4) is 0 Å². The number of nitrogens with zero attached hydrogens (tertiary/aromatic N) is 1. The normalized spacial score (nSPS) is 12.6. The van der Waals surface area contributed by atoms with Crippen LogP contribution in [-0.2, 0) is 28.6 Å². The van der Waals surface area contributed by atoms with Crippen molar-refractivity contribution in [1.82, 2.24) is 4.98 Å². The highest BCUT2D eigenvalue weighted by molar-refractivity contribution is 8.02. The number of hydrogen-bond acceptors (Lipinski definition) is 9. The molecule has 0 spiro atoms. The first-order chi connectivity index (χ1) is 22.5. The Morgan fingerprint density at radius 2 is 1.13 bits per heavy atom. The first kappa shape index (κ1) is 40.0. The summed E-state index contributed by atoms with van der Waals surface area (Å²) in [4.78, 5) is 45.0. The summed E-state index contributed by atoms with van der Waals surface area (Å²) in [6, 6.07) is 7.77. The number of rotatable bonds is 28. The van der Waals surface area contributed by atoms with Crippen LogP contribution in [0.25, 0.3) is 10.2 Å². The summed E-state index contributed by atoms with van der Waals surface area (Å²) >= 11 is 2.65. The number of para-hydroxylation sites is 1. The zero-order valence-electron chi connectivity index (χ0n) is 28.7. The van der Waals surface area contributed by atoms with Gasteiger partial charge in [0.15, 0.2) is 4.34 Å². The quantitative estimate of drug-likeness (QED) is 0.0380. The Balaban J connectivity index is 2.13. The van der Waals surface area contributed by atoms with E-state index in [0.717, 1.165) is 68.0 Å². The van der Waals surface area contributed by atoms with Crippen LogP contribution >= 0.6 is 23.1 Å². The van der Waals surface area contributed by atoms with Gasteiger partial charge in [-0.05, 0) is 31.4 Å². The van der Waals surface area contributed by atoms with Gasteiger partial charge in [-0.25, -0.2) is 4.98 Å². The van der Waals surface area contributed by atoms with Gasteiger partial charge in [0.05, 0.1) is 42.4 Å². The molecule has 0 bridgehead atoms. The van der Waals surface area contributed by atoms with Gasteiger partial charge < -0.3 is 14.2 Å². The van der Waals surface area contributed by atoms with E-state index in [0.29, 0.717) is 10.9 Å². The zero-order valence-corrected chi connectivity index (χ0v) is 30.4. The minimum Gasteiger partial charge on any atom is -0.466 e. The number of carbonyl (C=O) groups is 3. The topological polar surface area (TPSA) is 91.8 Å². The van der Waals surface area contributed by atoms with E-state index < -0.39 is 29.1 Å². The van der Waals surface area contributed by atoms with Gasteiger partial charge in [0.1, 0.15) is 5.25 Å². The fourth-order valence-electron chi connectivity index (χ4n) is 5.22. The SMILES string of the molecule is CCCCCCCCOC(=O)CC(C(=O)OCCCCCCCC)C(Sc1nc2ccccc2s1)C(=O)OCCCCCCCC. The van der Waals surface area contributed by atoms with Crippen LogP contribution in [0.5, 0.6) is 0 Å². The van der Waals surface area contributed by atoms with Crippen LogP contribution in [0.4, 0.5) is 0 Å². The molecule has 7 nitrogen and oxygen atoms in total. The van der Waals surface area contributed by atoms with Crippen LogP contribution in [0, 0.1) is 5.92 Å². The van der Waals surface area contributed by atoms with Crippen molar-refractivity contribution < 1.29 is 28.6 Å². The smallest absolute Gasteiger partial charge is 0.320 e. The fraction of sp³-hybridized carbons (Fsp3) is 0.730. The first-order valence-electron chi connectivity index (χ1n) is 18.0. The summed E-state index contributed by atoms with van der Waals surface area (Å²) in [5.74, 6) is -2.59. The van der Waals surface area contributed by atoms with Crippen LogP contribution in [-0.4, -0.2) is 48.0 Å². The highest BCUT2D eigenvalue weighted by Crippen LogP contribution is 2.37. The maximum absolute atomic E-state index is 13.7. The van der Waals surface area contributed by atoms with E-state index in [4.69, 9.17) is 19.2 Å². The molecule has 2 atom stereocenters. The molecular weight excluding hydrogens is 619 g/mol. The molecule has 0 aliphatic carbocycles. The maximum Gasteiger partial charge on any atom is 0.320 e. The molecule has 0 aliphatic rings. The Bertz CT molecular complexity index is 1070. The molecule has 0 aliphatic heterocycles. The molecule has 2 rings (SSSR count). The van der Waals surface area contributed by atoms with Gasteiger partial charge in [-0.3, -0.25) is 14.4 Å². The highest BCUT2D eigenvalue weighted by Gasteiger charge is 2.40. The predicted octanol–water partition coefficient (Wildman–Crippen LogP) is 10.5. The van der Waals surface area contributed by atoms with Gasteiger partial charge >= 0.3 is 17.9 Å². The molecular formula is C37H59NO6S2. The number of benzene rings is 1. The summed E-state index contributed by atoms with van der Waals surface area (Å²) in [5, 5.41) is -0.973. The highest BCUT2D eigenvalue weighted by atomic mass is 32.2. The van der Waals surface area contributed by atoms with Gasteiger partial charge in [-0.2, -0.15) is 0 Å². The molecule has 46 heavy (non-hydrogen) atoms. The Labute approximate surface area is 286 Å². The van der Waals surface area contributed by atoms with Crippen molar-refractivity contribution >= 4 is 51.2 Å². The lowest BCUT2D eigenvalue weighted by Crippen LogP contribution is -2.37. The first-order valence-corrected chi connectivity index (χ1v) is 19.7. The van der Waals surface area contributed by atoms with Gasteiger partial charge in [0, 0.05) is 0 Å². The van der Waals surface area contributed by atoms with Gasteiger partial charge in [-0.1, -0.05) is 141 Å². The van der Waals surface area contributed by atoms with Crippen molar-refractivity contribution in [1.29, 1.82) is 0 Å². The third kappa shape index (κ3) is 17.1. The number of thioether (sulfide) groups is 1. The lowest BCUT2D eigenvalue weighted by Gasteiger charge is -2.23. The van der Waals surface area contributed by atoms with Crippen LogP contribution in [0.15, 0.2) is 28.6 Å². The van der Waals surface area contributed by atoms with Crippen molar-refractivity contribution in [2.24, 2.45) is 5.92 Å². The van der Waals surface area contributed by atoms with Crippen LogP contribution in [0.2, 0.25) is 0 Å². The molecule has 2 unspecified atom stereocenters. The second-order valence-corrected chi connectivity index (χ2v) is 14.6. The molecule has 0 N–H and O–H groups in total. The molecule has 260 valence electrons. The van der Waals surface area contributed by atoms with E-state index in [2.05, 4.69) is 20.8 Å². The number of esters is 3. The average molecular weight is 678 g/mol. The summed E-state index contributed by atoms with van der Waals surface area (Å²) in [5.41, 5.74) is 0.828. The summed E-state index contributed by atoms with van der Waals surface area (Å²) in [7, 11) is 0. The fourth-order valence-corrected chi connectivity index (χ4v) is 7.60. The van der Waals surface area contributed by atoms with Crippen molar-refractivity contribution in [3.63, 3.8) is 0 Å². The van der Waals surface area contributed by atoms with Gasteiger partial charge in [0.25, 0.3) is 0 Å². The number of ether oxygens (including phenoxy) is 3. The second-order valence-electron chi connectivity index (χ2n) is 12.2. The number of aromatic nitrogens is 1. The molecule has 0 fully saturated rings. The Morgan fingerprint density at radius 3 is 1.67 bits per heavy atom. The van der Waals surface area contributed by atoms with Crippen LogP contribution < -0.4 is 0 Å². The monoisotopic (exact) mass is 677 g/mol. The minimum absolute atomic E-state index is 0.236. The standard InChI is InChI=1S/C37H59NO6S2/c1-4-7-10-13-16-21-26-42-33(39)29-30(35(40)43-27-22-17-14-11-8-5-2)34(36(41)44-28-23-18-15-12-9-6-3)46-37-38-31-24-19-20-25-32(31)45-37/h19-20,24-25,30,34H,4-18,21-23,26-29H2,1-3H3. The van der Waals surface area contributed by atoms with Crippen molar-refractivity contribution in [2.75, 3.05) is 19.8 Å². The van der Waals surface area contributed by atoms with E-state index in [1.54, 1.807) is 0 Å². The molecule has 1 aromatic carbocycles. The number of hydrogen-bond donors (Lipinski definition) is 0.